The molecule has 0 amide bonds. The monoisotopic (exact) mass is 229 g/mol. The van der Waals surface area contributed by atoms with Gasteiger partial charge in [0.25, 0.3) is 0 Å². The summed E-state index contributed by atoms with van der Waals surface area (Å²) in [5.74, 6) is 5.26. The van der Waals surface area contributed by atoms with Crippen LogP contribution in [0.5, 0.6) is 0 Å². The molecule has 3 N–H and O–H groups in total. The lowest BCUT2D eigenvalue weighted by atomic mass is 10.2. The third kappa shape index (κ3) is 3.18. The van der Waals surface area contributed by atoms with E-state index in [-0.39, 0.29) is 11.1 Å². The van der Waals surface area contributed by atoms with Gasteiger partial charge in [-0.25, -0.2) is 10.2 Å². The van der Waals surface area contributed by atoms with Crippen LogP contribution in [0.15, 0.2) is 23.2 Å². The summed E-state index contributed by atoms with van der Waals surface area (Å²) in [5, 5.41) is 0.0830. The van der Waals surface area contributed by atoms with E-state index < -0.39 is 5.82 Å². The molecule has 1 aromatic rings. The van der Waals surface area contributed by atoms with E-state index in [9.17, 15) is 4.39 Å². The number of nitrogens with zero attached hydrogens (tertiary/aromatic N) is 1. The van der Waals surface area contributed by atoms with Crippen LogP contribution in [0.25, 0.3) is 0 Å². The fraction of sp³-hybridized carbons (Fsp3) is 0.300. The lowest BCUT2D eigenvalue weighted by Gasteiger charge is -2.08. The summed E-state index contributed by atoms with van der Waals surface area (Å²) >= 11 is 5.57. The largest absolute Gasteiger partial charge is 0.308 e. The standard InChI is InChI=1S/C10H13ClFN3/c1-6(2)14-10(15-13)7-3-4-8(11)9(12)5-7/h3-6H,13H2,1-2H3,(H,14,15). The van der Waals surface area contributed by atoms with Crippen molar-refractivity contribution in [1.82, 2.24) is 5.43 Å². The number of hydrazine groups is 1. The number of benzene rings is 1. The Hall–Kier alpha value is -1.13. The number of aliphatic imine (C=N–C) groups is 1. The SMILES string of the molecule is CC(C)N=C(NN)c1ccc(Cl)c(F)c1. The maximum atomic E-state index is 13.2. The maximum Gasteiger partial charge on any atom is 0.142 e. The van der Waals surface area contributed by atoms with Gasteiger partial charge in [0.05, 0.1) is 5.02 Å². The van der Waals surface area contributed by atoms with Gasteiger partial charge in [-0.15, -0.1) is 0 Å². The molecule has 1 rings (SSSR count). The van der Waals surface area contributed by atoms with E-state index in [1.807, 2.05) is 13.8 Å². The highest BCUT2D eigenvalue weighted by Gasteiger charge is 2.06. The molecule has 0 aliphatic carbocycles. The Morgan fingerprint density at radius 3 is 2.67 bits per heavy atom. The first-order chi connectivity index (χ1) is 7.04. The molecule has 0 spiro atoms. The minimum atomic E-state index is -0.485. The van der Waals surface area contributed by atoms with Crippen molar-refractivity contribution in [2.75, 3.05) is 0 Å². The summed E-state index contributed by atoms with van der Waals surface area (Å²) in [6.45, 7) is 3.81. The van der Waals surface area contributed by atoms with E-state index in [0.29, 0.717) is 11.4 Å². The van der Waals surface area contributed by atoms with Gasteiger partial charge in [0.1, 0.15) is 11.7 Å². The molecular weight excluding hydrogens is 217 g/mol. The van der Waals surface area contributed by atoms with Crippen LogP contribution in [0, 0.1) is 5.82 Å². The molecule has 0 saturated carbocycles. The Labute approximate surface area is 93.1 Å². The third-order valence-electron chi connectivity index (χ3n) is 1.72. The minimum Gasteiger partial charge on any atom is -0.308 e. The highest BCUT2D eigenvalue weighted by molar-refractivity contribution is 6.30. The summed E-state index contributed by atoms with van der Waals surface area (Å²) in [7, 11) is 0. The quantitative estimate of drug-likeness (QED) is 0.353. The number of rotatable bonds is 2. The topological polar surface area (TPSA) is 50.4 Å². The fourth-order valence-corrected chi connectivity index (χ4v) is 1.21. The van der Waals surface area contributed by atoms with Gasteiger partial charge >= 0.3 is 0 Å². The Morgan fingerprint density at radius 2 is 2.20 bits per heavy atom. The number of amidine groups is 1. The second-order valence-corrected chi connectivity index (χ2v) is 3.75. The number of halogens is 2. The molecule has 0 atom stereocenters. The molecule has 82 valence electrons. The zero-order valence-electron chi connectivity index (χ0n) is 8.59. The van der Waals surface area contributed by atoms with E-state index in [1.165, 1.54) is 12.1 Å². The van der Waals surface area contributed by atoms with Crippen molar-refractivity contribution in [2.45, 2.75) is 19.9 Å². The van der Waals surface area contributed by atoms with Crippen molar-refractivity contribution in [3.05, 3.63) is 34.6 Å². The lowest BCUT2D eigenvalue weighted by molar-refractivity contribution is 0.627. The average molecular weight is 230 g/mol. The Morgan fingerprint density at radius 1 is 1.53 bits per heavy atom. The van der Waals surface area contributed by atoms with Gasteiger partial charge in [0, 0.05) is 11.6 Å². The zero-order valence-corrected chi connectivity index (χ0v) is 9.35. The fourth-order valence-electron chi connectivity index (χ4n) is 1.10. The number of nitrogens with two attached hydrogens (primary N) is 1. The molecule has 3 nitrogen and oxygen atoms in total. The lowest BCUT2D eigenvalue weighted by Crippen LogP contribution is -2.32. The van der Waals surface area contributed by atoms with Crippen molar-refractivity contribution in [3.8, 4) is 0 Å². The molecule has 15 heavy (non-hydrogen) atoms. The predicted molar refractivity (Wildman–Crippen MR) is 60.4 cm³/mol. The number of nitrogens with one attached hydrogen (secondary N) is 1. The molecule has 0 saturated heterocycles. The molecule has 0 unspecified atom stereocenters. The molecule has 0 heterocycles. The normalized spacial score (nSPS) is 12.0. The maximum absolute atomic E-state index is 13.2. The van der Waals surface area contributed by atoms with Crippen LogP contribution in [-0.2, 0) is 0 Å². The van der Waals surface area contributed by atoms with Crippen LogP contribution in [0.1, 0.15) is 19.4 Å². The highest BCUT2D eigenvalue weighted by atomic mass is 35.5. The summed E-state index contributed by atoms with van der Waals surface area (Å²) in [4.78, 5) is 4.21. The Kier molecular flexibility index (Phi) is 4.05. The zero-order chi connectivity index (χ0) is 11.4. The summed E-state index contributed by atoms with van der Waals surface area (Å²) in [6, 6.07) is 4.50. The minimum absolute atomic E-state index is 0.0785. The van der Waals surface area contributed by atoms with Crippen molar-refractivity contribution in [2.24, 2.45) is 10.8 Å². The van der Waals surface area contributed by atoms with Crippen LogP contribution < -0.4 is 11.3 Å². The van der Waals surface area contributed by atoms with Crippen LogP contribution in [-0.4, -0.2) is 11.9 Å². The van der Waals surface area contributed by atoms with E-state index in [0.717, 1.165) is 0 Å². The Bertz CT molecular complexity index is 377. The van der Waals surface area contributed by atoms with Gasteiger partial charge in [0.2, 0.25) is 0 Å². The van der Waals surface area contributed by atoms with Crippen molar-refractivity contribution in [3.63, 3.8) is 0 Å². The second kappa shape index (κ2) is 5.09. The first-order valence-electron chi connectivity index (χ1n) is 4.54. The van der Waals surface area contributed by atoms with Crippen molar-refractivity contribution >= 4 is 17.4 Å². The Balaban J connectivity index is 3.08. The van der Waals surface area contributed by atoms with Gasteiger partial charge in [-0.05, 0) is 32.0 Å². The summed E-state index contributed by atoms with van der Waals surface area (Å²) < 4.78 is 13.2. The van der Waals surface area contributed by atoms with Gasteiger partial charge in [-0.1, -0.05) is 11.6 Å². The number of hydrogen-bond acceptors (Lipinski definition) is 2. The van der Waals surface area contributed by atoms with E-state index in [4.69, 9.17) is 17.4 Å². The van der Waals surface area contributed by atoms with Gasteiger partial charge in [0.15, 0.2) is 0 Å². The first kappa shape index (κ1) is 11.9. The van der Waals surface area contributed by atoms with Crippen LogP contribution in [0.2, 0.25) is 5.02 Å². The van der Waals surface area contributed by atoms with Crippen LogP contribution >= 0.6 is 11.6 Å². The molecule has 0 aliphatic rings. The van der Waals surface area contributed by atoms with Gasteiger partial charge in [-0.2, -0.15) is 0 Å². The molecule has 1 aromatic carbocycles. The van der Waals surface area contributed by atoms with Gasteiger partial charge < -0.3 is 5.43 Å². The highest BCUT2D eigenvalue weighted by Crippen LogP contribution is 2.15. The number of hydrogen-bond donors (Lipinski definition) is 2. The van der Waals surface area contributed by atoms with Crippen molar-refractivity contribution < 1.29 is 4.39 Å². The summed E-state index contributed by atoms with van der Waals surface area (Å²) in [6.07, 6.45) is 0. The molecule has 0 radical (unpaired) electrons. The van der Waals surface area contributed by atoms with Crippen molar-refractivity contribution in [1.29, 1.82) is 0 Å². The molecule has 5 heteroatoms. The third-order valence-corrected chi connectivity index (χ3v) is 2.02. The summed E-state index contributed by atoms with van der Waals surface area (Å²) in [5.41, 5.74) is 3.01. The first-order valence-corrected chi connectivity index (χ1v) is 4.92. The second-order valence-electron chi connectivity index (χ2n) is 3.34. The molecule has 0 fully saturated rings. The van der Waals surface area contributed by atoms with Gasteiger partial charge in [-0.3, -0.25) is 4.99 Å². The molecular formula is C10H13ClFN3. The molecule has 0 aromatic heterocycles. The van der Waals surface area contributed by atoms with E-state index in [2.05, 4.69) is 10.4 Å². The average Bonchev–Trinajstić information content (AvgIpc) is 2.18. The predicted octanol–water partition coefficient (Wildman–Crippen LogP) is 2.10. The molecule has 0 bridgehead atoms. The van der Waals surface area contributed by atoms with E-state index in [1.54, 1.807) is 6.07 Å². The van der Waals surface area contributed by atoms with Crippen LogP contribution in [0.4, 0.5) is 4.39 Å². The van der Waals surface area contributed by atoms with Crippen LogP contribution in [0.3, 0.4) is 0 Å². The molecule has 0 aliphatic heterocycles. The van der Waals surface area contributed by atoms with E-state index >= 15 is 0 Å². The smallest absolute Gasteiger partial charge is 0.142 e.